The lowest BCUT2D eigenvalue weighted by atomic mass is 9.84. The maximum atomic E-state index is 12.2. The van der Waals surface area contributed by atoms with Crippen LogP contribution in [0.2, 0.25) is 0 Å². The normalized spacial score (nSPS) is 23.4. The van der Waals surface area contributed by atoms with E-state index in [9.17, 15) is 9.59 Å². The van der Waals surface area contributed by atoms with Crippen LogP contribution in [0, 0.1) is 11.8 Å². The van der Waals surface area contributed by atoms with Gasteiger partial charge in [0.15, 0.2) is 0 Å². The van der Waals surface area contributed by atoms with Crippen LogP contribution < -0.4 is 5.32 Å². The average molecular weight is 298 g/mol. The molecule has 2 N–H and O–H groups in total. The summed E-state index contributed by atoms with van der Waals surface area (Å²) < 4.78 is 0. The molecule has 0 aromatic heterocycles. The van der Waals surface area contributed by atoms with Gasteiger partial charge in [-0.2, -0.15) is 0 Å². The average Bonchev–Trinajstić information content (AvgIpc) is 2.50. The predicted molar refractivity (Wildman–Crippen MR) is 83.2 cm³/mol. The van der Waals surface area contributed by atoms with E-state index in [-0.39, 0.29) is 18.4 Å². The highest BCUT2D eigenvalue weighted by atomic mass is 16.4. The molecular formula is C16H30N2O3. The first-order valence-corrected chi connectivity index (χ1v) is 8.20. The van der Waals surface area contributed by atoms with Gasteiger partial charge in [-0.15, -0.1) is 0 Å². The Morgan fingerprint density at radius 3 is 2.33 bits per heavy atom. The SMILES string of the molecule is CCC1CCC(N(C)C(=O)NCC(CC)CC(=O)O)CC1. The highest BCUT2D eigenvalue weighted by Gasteiger charge is 2.26. The molecule has 1 fully saturated rings. The van der Waals surface area contributed by atoms with Crippen LogP contribution in [0.15, 0.2) is 0 Å². The van der Waals surface area contributed by atoms with Crippen molar-refractivity contribution in [3.05, 3.63) is 0 Å². The molecule has 1 saturated carbocycles. The van der Waals surface area contributed by atoms with E-state index in [0.29, 0.717) is 12.6 Å². The van der Waals surface area contributed by atoms with Gasteiger partial charge in [0, 0.05) is 26.1 Å². The number of carboxylic acids is 1. The topological polar surface area (TPSA) is 69.6 Å². The van der Waals surface area contributed by atoms with Gasteiger partial charge in [-0.25, -0.2) is 4.79 Å². The molecule has 0 aromatic rings. The van der Waals surface area contributed by atoms with Crippen LogP contribution >= 0.6 is 0 Å². The van der Waals surface area contributed by atoms with Crippen LogP contribution in [0.4, 0.5) is 4.79 Å². The molecule has 5 nitrogen and oxygen atoms in total. The first kappa shape index (κ1) is 17.8. The Kier molecular flexibility index (Phi) is 7.54. The summed E-state index contributed by atoms with van der Waals surface area (Å²) in [6.45, 7) is 4.63. The van der Waals surface area contributed by atoms with Crippen molar-refractivity contribution in [2.75, 3.05) is 13.6 Å². The molecule has 1 unspecified atom stereocenters. The summed E-state index contributed by atoms with van der Waals surface area (Å²) in [5.41, 5.74) is 0. The van der Waals surface area contributed by atoms with Crippen LogP contribution in [0.3, 0.4) is 0 Å². The Balaban J connectivity index is 2.35. The molecule has 0 saturated heterocycles. The number of aliphatic carboxylic acids is 1. The van der Waals surface area contributed by atoms with Gasteiger partial charge < -0.3 is 15.3 Å². The molecule has 0 aromatic carbocycles. The lowest BCUT2D eigenvalue weighted by Crippen LogP contribution is -2.46. The fraction of sp³-hybridized carbons (Fsp3) is 0.875. The Bertz CT molecular complexity index is 338. The van der Waals surface area contributed by atoms with Crippen molar-refractivity contribution >= 4 is 12.0 Å². The molecule has 0 radical (unpaired) electrons. The first-order chi connectivity index (χ1) is 9.97. The summed E-state index contributed by atoms with van der Waals surface area (Å²) in [4.78, 5) is 24.7. The van der Waals surface area contributed by atoms with Gasteiger partial charge in [-0.3, -0.25) is 4.79 Å². The summed E-state index contributed by atoms with van der Waals surface area (Å²) in [5.74, 6) is 0.0239. The highest BCUT2D eigenvalue weighted by Crippen LogP contribution is 2.28. The molecule has 1 aliphatic rings. The minimum Gasteiger partial charge on any atom is -0.481 e. The number of urea groups is 1. The van der Waals surface area contributed by atoms with E-state index in [4.69, 9.17) is 5.11 Å². The molecular weight excluding hydrogens is 268 g/mol. The summed E-state index contributed by atoms with van der Waals surface area (Å²) >= 11 is 0. The van der Waals surface area contributed by atoms with E-state index in [1.54, 1.807) is 4.90 Å². The van der Waals surface area contributed by atoms with Crippen molar-refractivity contribution in [2.45, 2.75) is 64.8 Å². The number of rotatable bonds is 7. The second-order valence-electron chi connectivity index (χ2n) is 6.25. The number of carbonyl (C=O) groups excluding carboxylic acids is 1. The van der Waals surface area contributed by atoms with Crippen LogP contribution in [0.1, 0.15) is 58.8 Å². The zero-order valence-electron chi connectivity index (χ0n) is 13.6. The van der Waals surface area contributed by atoms with Gasteiger partial charge in [0.2, 0.25) is 0 Å². The third-order valence-corrected chi connectivity index (χ3v) is 4.84. The van der Waals surface area contributed by atoms with Crippen LogP contribution in [0.5, 0.6) is 0 Å². The van der Waals surface area contributed by atoms with Crippen LogP contribution in [-0.4, -0.2) is 41.6 Å². The molecule has 1 rings (SSSR count). The van der Waals surface area contributed by atoms with Gasteiger partial charge in [0.05, 0.1) is 0 Å². The molecule has 0 spiro atoms. The molecule has 1 atom stereocenters. The number of nitrogens with one attached hydrogen (secondary N) is 1. The van der Waals surface area contributed by atoms with Crippen molar-refractivity contribution in [1.82, 2.24) is 10.2 Å². The summed E-state index contributed by atoms with van der Waals surface area (Å²) in [5, 5.41) is 11.7. The van der Waals surface area contributed by atoms with Gasteiger partial charge in [0.25, 0.3) is 0 Å². The van der Waals surface area contributed by atoms with E-state index >= 15 is 0 Å². The second kappa shape index (κ2) is 8.90. The number of amides is 2. The molecule has 2 amide bonds. The van der Waals surface area contributed by atoms with Gasteiger partial charge >= 0.3 is 12.0 Å². The van der Waals surface area contributed by atoms with E-state index in [1.807, 2.05) is 14.0 Å². The minimum atomic E-state index is -0.803. The number of nitrogens with zero attached hydrogens (tertiary/aromatic N) is 1. The molecule has 21 heavy (non-hydrogen) atoms. The maximum absolute atomic E-state index is 12.2. The molecule has 0 aliphatic heterocycles. The number of carboxylic acid groups (broad SMARTS) is 1. The van der Waals surface area contributed by atoms with Crippen molar-refractivity contribution in [3.8, 4) is 0 Å². The third-order valence-electron chi connectivity index (χ3n) is 4.84. The molecule has 0 bridgehead atoms. The molecule has 122 valence electrons. The Labute approximate surface area is 128 Å². The highest BCUT2D eigenvalue weighted by molar-refractivity contribution is 5.74. The predicted octanol–water partition coefficient (Wildman–Crippen LogP) is 3.10. The summed E-state index contributed by atoms with van der Waals surface area (Å²) in [7, 11) is 1.85. The number of carbonyl (C=O) groups is 2. The van der Waals surface area contributed by atoms with E-state index in [2.05, 4.69) is 12.2 Å². The fourth-order valence-corrected chi connectivity index (χ4v) is 3.07. The Morgan fingerprint density at radius 1 is 1.24 bits per heavy atom. The van der Waals surface area contributed by atoms with Crippen LogP contribution in [0.25, 0.3) is 0 Å². The molecule has 1 aliphatic carbocycles. The van der Waals surface area contributed by atoms with Crippen molar-refractivity contribution in [3.63, 3.8) is 0 Å². The zero-order valence-corrected chi connectivity index (χ0v) is 13.6. The van der Waals surface area contributed by atoms with Crippen LogP contribution in [-0.2, 0) is 4.79 Å². The third kappa shape index (κ3) is 5.94. The maximum Gasteiger partial charge on any atom is 0.317 e. The van der Waals surface area contributed by atoms with E-state index in [0.717, 1.165) is 25.2 Å². The van der Waals surface area contributed by atoms with Crippen molar-refractivity contribution in [2.24, 2.45) is 11.8 Å². The molecule has 0 heterocycles. The zero-order chi connectivity index (χ0) is 15.8. The summed E-state index contributed by atoms with van der Waals surface area (Å²) in [6, 6.07) is 0.256. The van der Waals surface area contributed by atoms with E-state index in [1.165, 1.54) is 19.3 Å². The molecule has 5 heteroatoms. The van der Waals surface area contributed by atoms with E-state index < -0.39 is 5.97 Å². The van der Waals surface area contributed by atoms with Gasteiger partial charge in [-0.1, -0.05) is 26.7 Å². The largest absolute Gasteiger partial charge is 0.481 e. The Hall–Kier alpha value is -1.26. The minimum absolute atomic E-state index is 0.00989. The van der Waals surface area contributed by atoms with Crippen molar-refractivity contribution < 1.29 is 14.7 Å². The van der Waals surface area contributed by atoms with Crippen molar-refractivity contribution in [1.29, 1.82) is 0 Å². The number of hydrogen-bond donors (Lipinski definition) is 2. The Morgan fingerprint density at radius 2 is 1.86 bits per heavy atom. The monoisotopic (exact) mass is 298 g/mol. The summed E-state index contributed by atoms with van der Waals surface area (Å²) in [6.07, 6.45) is 6.67. The van der Waals surface area contributed by atoms with Gasteiger partial charge in [-0.05, 0) is 37.5 Å². The second-order valence-corrected chi connectivity index (χ2v) is 6.25. The standard InChI is InChI=1S/C16H30N2O3/c1-4-12-6-8-14(9-7-12)18(3)16(21)17-11-13(5-2)10-15(19)20/h12-14H,4-11H2,1-3H3,(H,17,21)(H,19,20). The lowest BCUT2D eigenvalue weighted by Gasteiger charge is -2.34. The smallest absolute Gasteiger partial charge is 0.317 e. The van der Waals surface area contributed by atoms with Gasteiger partial charge in [0.1, 0.15) is 0 Å². The quantitative estimate of drug-likeness (QED) is 0.759. The first-order valence-electron chi connectivity index (χ1n) is 8.20. The lowest BCUT2D eigenvalue weighted by molar-refractivity contribution is -0.138. The fourth-order valence-electron chi connectivity index (χ4n) is 3.07. The number of hydrogen-bond acceptors (Lipinski definition) is 2.